The summed E-state index contributed by atoms with van der Waals surface area (Å²) in [6, 6.07) is 8.86. The summed E-state index contributed by atoms with van der Waals surface area (Å²) in [7, 11) is 2.95. The van der Waals surface area contributed by atoms with Crippen molar-refractivity contribution in [2.75, 3.05) is 19.5 Å². The van der Waals surface area contributed by atoms with Crippen LogP contribution in [0.15, 0.2) is 42.5 Å². The van der Waals surface area contributed by atoms with Gasteiger partial charge in [-0.25, -0.2) is 0 Å². The van der Waals surface area contributed by atoms with Gasteiger partial charge in [0.25, 0.3) is 5.91 Å². The highest BCUT2D eigenvalue weighted by molar-refractivity contribution is 5.95. The molecule has 0 aliphatic heterocycles. The highest BCUT2D eigenvalue weighted by Crippen LogP contribution is 2.30. The minimum Gasteiger partial charge on any atom is -0.497 e. The minimum atomic E-state index is -4.46. The van der Waals surface area contributed by atoms with E-state index in [0.29, 0.717) is 17.1 Å². The van der Waals surface area contributed by atoms with Crippen LogP contribution in [0.3, 0.4) is 0 Å². The fraction of sp³-hybridized carbons (Fsp3) is 0.300. The number of esters is 1. The van der Waals surface area contributed by atoms with Crippen molar-refractivity contribution < 1.29 is 37.0 Å². The van der Waals surface area contributed by atoms with Gasteiger partial charge in [0.05, 0.1) is 26.2 Å². The van der Waals surface area contributed by atoms with E-state index in [-0.39, 0.29) is 12.1 Å². The molecule has 1 N–H and O–H groups in total. The molecule has 156 valence electrons. The number of nitrogens with one attached hydrogen (secondary N) is 1. The van der Waals surface area contributed by atoms with Crippen LogP contribution in [0.2, 0.25) is 0 Å². The van der Waals surface area contributed by atoms with Crippen LogP contribution in [0.1, 0.15) is 18.1 Å². The standard InChI is InChI=1S/C20H20F3NO5/c1-12(19(26)24-15-7-5-14(6-8-15)20(21,22)23)29-18(25)10-13-4-9-16(27-2)11-17(13)28-3/h4-9,11-12H,10H2,1-3H3,(H,24,26). The van der Waals surface area contributed by atoms with E-state index in [1.807, 2.05) is 0 Å². The molecule has 0 saturated heterocycles. The molecule has 29 heavy (non-hydrogen) atoms. The van der Waals surface area contributed by atoms with Crippen molar-refractivity contribution in [2.24, 2.45) is 0 Å². The first kappa shape index (κ1) is 22.1. The second kappa shape index (κ2) is 9.31. The molecular weight excluding hydrogens is 391 g/mol. The topological polar surface area (TPSA) is 73.9 Å². The zero-order chi connectivity index (χ0) is 21.6. The number of ether oxygens (including phenoxy) is 3. The van der Waals surface area contributed by atoms with Crippen LogP contribution in [0.25, 0.3) is 0 Å². The van der Waals surface area contributed by atoms with Crippen molar-refractivity contribution in [3.8, 4) is 11.5 Å². The van der Waals surface area contributed by atoms with Crippen LogP contribution in [-0.4, -0.2) is 32.2 Å². The first-order valence-corrected chi connectivity index (χ1v) is 8.52. The van der Waals surface area contributed by atoms with E-state index in [0.717, 1.165) is 24.3 Å². The van der Waals surface area contributed by atoms with E-state index >= 15 is 0 Å². The fourth-order valence-corrected chi connectivity index (χ4v) is 2.43. The molecule has 0 aliphatic rings. The third-order valence-corrected chi connectivity index (χ3v) is 3.99. The molecular formula is C20H20F3NO5. The Hall–Kier alpha value is -3.23. The maximum atomic E-state index is 12.6. The molecule has 2 aromatic rings. The first-order chi connectivity index (χ1) is 13.6. The van der Waals surface area contributed by atoms with E-state index in [9.17, 15) is 22.8 Å². The Kier molecular flexibility index (Phi) is 7.08. The molecule has 0 aliphatic carbocycles. The Bertz CT molecular complexity index is 865. The number of anilines is 1. The van der Waals surface area contributed by atoms with Gasteiger partial charge in [-0.2, -0.15) is 13.2 Å². The first-order valence-electron chi connectivity index (χ1n) is 8.52. The summed E-state index contributed by atoms with van der Waals surface area (Å²) in [5.74, 6) is -0.338. The Morgan fingerprint density at radius 3 is 2.24 bits per heavy atom. The number of benzene rings is 2. The Labute approximate surface area is 165 Å². The molecule has 0 aromatic heterocycles. The normalized spacial score (nSPS) is 12.1. The number of carbonyl (C=O) groups is 2. The van der Waals surface area contributed by atoms with E-state index in [1.54, 1.807) is 18.2 Å². The third kappa shape index (κ3) is 6.13. The third-order valence-electron chi connectivity index (χ3n) is 3.99. The van der Waals surface area contributed by atoms with Gasteiger partial charge in [-0.15, -0.1) is 0 Å². The summed E-state index contributed by atoms with van der Waals surface area (Å²) in [4.78, 5) is 24.3. The second-order valence-electron chi connectivity index (χ2n) is 6.05. The summed E-state index contributed by atoms with van der Waals surface area (Å²) >= 11 is 0. The van der Waals surface area contributed by atoms with Gasteiger partial charge < -0.3 is 19.5 Å². The number of hydrogen-bond donors (Lipinski definition) is 1. The van der Waals surface area contributed by atoms with E-state index < -0.39 is 29.7 Å². The highest BCUT2D eigenvalue weighted by Gasteiger charge is 2.30. The molecule has 6 nitrogen and oxygen atoms in total. The molecule has 0 spiro atoms. The van der Waals surface area contributed by atoms with Gasteiger partial charge in [0, 0.05) is 17.3 Å². The van der Waals surface area contributed by atoms with E-state index in [2.05, 4.69) is 5.32 Å². The largest absolute Gasteiger partial charge is 0.497 e. The lowest BCUT2D eigenvalue weighted by Gasteiger charge is -2.15. The Morgan fingerprint density at radius 1 is 1.03 bits per heavy atom. The molecule has 9 heteroatoms. The minimum absolute atomic E-state index is 0.134. The predicted molar refractivity (Wildman–Crippen MR) is 98.9 cm³/mol. The monoisotopic (exact) mass is 411 g/mol. The summed E-state index contributed by atoms with van der Waals surface area (Å²) in [6.45, 7) is 1.36. The van der Waals surface area contributed by atoms with Crippen LogP contribution in [-0.2, 0) is 26.9 Å². The van der Waals surface area contributed by atoms with Gasteiger partial charge in [0.2, 0.25) is 0 Å². The van der Waals surface area contributed by atoms with Crippen LogP contribution >= 0.6 is 0 Å². The molecule has 2 rings (SSSR count). The number of hydrogen-bond acceptors (Lipinski definition) is 5. The zero-order valence-electron chi connectivity index (χ0n) is 16.0. The van der Waals surface area contributed by atoms with Crippen molar-refractivity contribution in [1.82, 2.24) is 0 Å². The van der Waals surface area contributed by atoms with Crippen molar-refractivity contribution in [2.45, 2.75) is 25.6 Å². The van der Waals surface area contributed by atoms with Gasteiger partial charge >= 0.3 is 12.1 Å². The lowest BCUT2D eigenvalue weighted by Crippen LogP contribution is -2.30. The van der Waals surface area contributed by atoms with Crippen LogP contribution in [0.4, 0.5) is 18.9 Å². The summed E-state index contributed by atoms with van der Waals surface area (Å²) in [6.07, 6.45) is -5.74. The average Bonchev–Trinajstić information content (AvgIpc) is 2.67. The van der Waals surface area contributed by atoms with Gasteiger partial charge in [-0.1, -0.05) is 6.07 Å². The number of amides is 1. The van der Waals surface area contributed by atoms with Gasteiger partial charge in [-0.05, 0) is 37.3 Å². The molecule has 0 bridgehead atoms. The van der Waals surface area contributed by atoms with E-state index in [4.69, 9.17) is 14.2 Å². The van der Waals surface area contributed by atoms with Gasteiger partial charge in [0.1, 0.15) is 11.5 Å². The van der Waals surface area contributed by atoms with Crippen LogP contribution in [0, 0.1) is 0 Å². The molecule has 1 amide bonds. The van der Waals surface area contributed by atoms with Crippen LogP contribution < -0.4 is 14.8 Å². The Morgan fingerprint density at radius 2 is 1.69 bits per heavy atom. The molecule has 0 radical (unpaired) electrons. The second-order valence-corrected chi connectivity index (χ2v) is 6.05. The molecule has 0 heterocycles. The molecule has 1 unspecified atom stereocenters. The van der Waals surface area contributed by atoms with Crippen molar-refractivity contribution in [3.05, 3.63) is 53.6 Å². The molecule has 0 saturated carbocycles. The van der Waals surface area contributed by atoms with E-state index in [1.165, 1.54) is 21.1 Å². The highest BCUT2D eigenvalue weighted by atomic mass is 19.4. The average molecular weight is 411 g/mol. The quantitative estimate of drug-likeness (QED) is 0.701. The number of rotatable bonds is 7. The zero-order valence-corrected chi connectivity index (χ0v) is 16.0. The lowest BCUT2D eigenvalue weighted by atomic mass is 10.1. The predicted octanol–water partition coefficient (Wildman–Crippen LogP) is 3.84. The number of halogens is 3. The molecule has 2 aromatic carbocycles. The maximum Gasteiger partial charge on any atom is 0.416 e. The van der Waals surface area contributed by atoms with Crippen molar-refractivity contribution >= 4 is 17.6 Å². The SMILES string of the molecule is COc1ccc(CC(=O)OC(C)C(=O)Nc2ccc(C(F)(F)F)cc2)c(OC)c1. The maximum absolute atomic E-state index is 12.6. The summed E-state index contributed by atoms with van der Waals surface area (Å²) < 4.78 is 53.1. The van der Waals surface area contributed by atoms with Gasteiger partial charge in [-0.3, -0.25) is 9.59 Å². The smallest absolute Gasteiger partial charge is 0.416 e. The fourth-order valence-electron chi connectivity index (χ4n) is 2.43. The summed E-state index contributed by atoms with van der Waals surface area (Å²) in [5.41, 5.74) is -0.125. The van der Waals surface area contributed by atoms with Crippen LogP contribution in [0.5, 0.6) is 11.5 Å². The lowest BCUT2D eigenvalue weighted by molar-refractivity contribution is -0.152. The Balaban J connectivity index is 1.94. The van der Waals surface area contributed by atoms with Gasteiger partial charge in [0.15, 0.2) is 6.10 Å². The number of methoxy groups -OCH3 is 2. The van der Waals surface area contributed by atoms with Crippen molar-refractivity contribution in [3.63, 3.8) is 0 Å². The number of alkyl halides is 3. The molecule has 1 atom stereocenters. The summed E-state index contributed by atoms with van der Waals surface area (Å²) in [5, 5.41) is 2.40. The molecule has 0 fully saturated rings. The number of carbonyl (C=O) groups excluding carboxylic acids is 2. The van der Waals surface area contributed by atoms with Crippen molar-refractivity contribution in [1.29, 1.82) is 0 Å².